The van der Waals surface area contributed by atoms with Gasteiger partial charge in [-0.25, -0.2) is 4.98 Å². The zero-order chi connectivity index (χ0) is 11.8. The number of aryl methyl sites for hydroxylation is 1. The van der Waals surface area contributed by atoms with Gasteiger partial charge < -0.3 is 10.7 Å². The van der Waals surface area contributed by atoms with Crippen molar-refractivity contribution in [3.63, 3.8) is 0 Å². The van der Waals surface area contributed by atoms with Gasteiger partial charge in [-0.05, 0) is 31.9 Å². The van der Waals surface area contributed by atoms with Crippen LogP contribution in [0, 0.1) is 6.92 Å². The number of nitrogens with one attached hydrogen (secondary N) is 1. The Bertz CT molecular complexity index is 538. The SMILES string of the molecule is Cc1[nH]c(C2CCC2)nc1-c1cccc(N)c1. The standard InChI is InChI=1S/C14H17N3/c1-9-13(11-6-3-7-12(15)8-11)17-14(16-9)10-4-2-5-10/h3,6-8,10H,2,4-5,15H2,1H3,(H,16,17). The fourth-order valence-corrected chi connectivity index (χ4v) is 2.33. The summed E-state index contributed by atoms with van der Waals surface area (Å²) < 4.78 is 0. The maximum Gasteiger partial charge on any atom is 0.110 e. The Morgan fingerprint density at radius 2 is 2.18 bits per heavy atom. The molecule has 1 aromatic heterocycles. The van der Waals surface area contributed by atoms with Crippen LogP contribution in [0.2, 0.25) is 0 Å². The zero-order valence-corrected chi connectivity index (χ0v) is 10.0. The van der Waals surface area contributed by atoms with E-state index < -0.39 is 0 Å². The van der Waals surface area contributed by atoms with E-state index in [9.17, 15) is 0 Å². The Balaban J connectivity index is 1.99. The molecular formula is C14H17N3. The third-order valence-electron chi connectivity index (χ3n) is 3.55. The summed E-state index contributed by atoms with van der Waals surface area (Å²) in [5, 5.41) is 0. The van der Waals surface area contributed by atoms with Crippen molar-refractivity contribution in [2.24, 2.45) is 0 Å². The molecule has 1 aromatic carbocycles. The van der Waals surface area contributed by atoms with Crippen molar-refractivity contribution in [3.8, 4) is 11.3 Å². The van der Waals surface area contributed by atoms with Crippen LogP contribution in [0.15, 0.2) is 24.3 Å². The molecule has 0 spiro atoms. The number of rotatable bonds is 2. The van der Waals surface area contributed by atoms with Crippen molar-refractivity contribution in [1.29, 1.82) is 0 Å². The van der Waals surface area contributed by atoms with Gasteiger partial charge in [0.25, 0.3) is 0 Å². The quantitative estimate of drug-likeness (QED) is 0.774. The molecule has 1 fully saturated rings. The molecule has 0 bridgehead atoms. The lowest BCUT2D eigenvalue weighted by atomic mass is 9.85. The maximum absolute atomic E-state index is 5.81. The third kappa shape index (κ3) is 1.82. The molecule has 17 heavy (non-hydrogen) atoms. The van der Waals surface area contributed by atoms with E-state index in [1.165, 1.54) is 19.3 Å². The van der Waals surface area contributed by atoms with Crippen LogP contribution in [0.25, 0.3) is 11.3 Å². The number of nitrogens with two attached hydrogens (primary N) is 1. The Hall–Kier alpha value is -1.77. The van der Waals surface area contributed by atoms with E-state index in [0.29, 0.717) is 5.92 Å². The predicted molar refractivity (Wildman–Crippen MR) is 69.8 cm³/mol. The molecule has 3 heteroatoms. The van der Waals surface area contributed by atoms with Crippen LogP contribution in [-0.2, 0) is 0 Å². The Labute approximate surface area is 101 Å². The van der Waals surface area contributed by atoms with E-state index in [2.05, 4.69) is 18.0 Å². The lowest BCUT2D eigenvalue weighted by molar-refractivity contribution is 0.404. The van der Waals surface area contributed by atoms with Gasteiger partial charge in [0.2, 0.25) is 0 Å². The van der Waals surface area contributed by atoms with Crippen LogP contribution in [0.3, 0.4) is 0 Å². The number of imidazole rings is 1. The minimum atomic E-state index is 0.642. The van der Waals surface area contributed by atoms with Crippen molar-refractivity contribution < 1.29 is 0 Å². The number of hydrogen-bond acceptors (Lipinski definition) is 2. The van der Waals surface area contributed by atoms with Gasteiger partial charge in [0.05, 0.1) is 5.69 Å². The van der Waals surface area contributed by atoms with E-state index in [-0.39, 0.29) is 0 Å². The fraction of sp³-hybridized carbons (Fsp3) is 0.357. The van der Waals surface area contributed by atoms with Crippen molar-refractivity contribution in [1.82, 2.24) is 9.97 Å². The van der Waals surface area contributed by atoms with Gasteiger partial charge in [0, 0.05) is 22.9 Å². The molecule has 0 saturated heterocycles. The van der Waals surface area contributed by atoms with Gasteiger partial charge in [0.1, 0.15) is 5.82 Å². The first-order chi connectivity index (χ1) is 8.24. The maximum atomic E-state index is 5.81. The largest absolute Gasteiger partial charge is 0.399 e. The molecule has 3 N–H and O–H groups in total. The van der Waals surface area contributed by atoms with Crippen LogP contribution < -0.4 is 5.73 Å². The summed E-state index contributed by atoms with van der Waals surface area (Å²) in [6, 6.07) is 7.91. The number of aromatic amines is 1. The van der Waals surface area contributed by atoms with Gasteiger partial charge in [-0.1, -0.05) is 18.6 Å². The molecule has 1 aliphatic carbocycles. The highest BCUT2D eigenvalue weighted by Crippen LogP contribution is 2.36. The Kier molecular flexibility index (Phi) is 2.39. The summed E-state index contributed by atoms with van der Waals surface area (Å²) in [4.78, 5) is 8.14. The molecule has 3 rings (SSSR count). The second kappa shape index (κ2) is 3.91. The highest BCUT2D eigenvalue weighted by atomic mass is 14.9. The topological polar surface area (TPSA) is 54.7 Å². The Morgan fingerprint density at radius 3 is 2.82 bits per heavy atom. The van der Waals surface area contributed by atoms with Crippen LogP contribution in [0.4, 0.5) is 5.69 Å². The summed E-state index contributed by atoms with van der Waals surface area (Å²) in [7, 11) is 0. The summed E-state index contributed by atoms with van der Waals surface area (Å²) in [6.45, 7) is 2.08. The predicted octanol–water partition coefficient (Wildman–Crippen LogP) is 3.23. The summed E-state index contributed by atoms with van der Waals surface area (Å²) in [5.41, 5.74) is 9.88. The van der Waals surface area contributed by atoms with Crippen molar-refractivity contribution in [2.45, 2.75) is 32.1 Å². The van der Waals surface area contributed by atoms with Crippen LogP contribution >= 0.6 is 0 Å². The molecule has 0 atom stereocenters. The zero-order valence-electron chi connectivity index (χ0n) is 10.0. The normalized spacial score (nSPS) is 15.8. The lowest BCUT2D eigenvalue weighted by Crippen LogP contribution is -2.10. The summed E-state index contributed by atoms with van der Waals surface area (Å²) >= 11 is 0. The molecule has 1 aliphatic rings. The average molecular weight is 227 g/mol. The van der Waals surface area contributed by atoms with Crippen LogP contribution in [-0.4, -0.2) is 9.97 Å². The molecule has 0 unspecified atom stereocenters. The number of nitrogens with zero attached hydrogens (tertiary/aromatic N) is 1. The molecule has 0 radical (unpaired) electrons. The molecular weight excluding hydrogens is 210 g/mol. The van der Waals surface area contributed by atoms with Crippen molar-refractivity contribution >= 4 is 5.69 Å². The van der Waals surface area contributed by atoms with E-state index in [0.717, 1.165) is 28.5 Å². The third-order valence-corrected chi connectivity index (χ3v) is 3.55. The van der Waals surface area contributed by atoms with E-state index >= 15 is 0 Å². The van der Waals surface area contributed by atoms with Gasteiger partial charge >= 0.3 is 0 Å². The minimum Gasteiger partial charge on any atom is -0.399 e. The first kappa shape index (κ1) is 10.4. The molecule has 2 aromatic rings. The molecule has 88 valence electrons. The van der Waals surface area contributed by atoms with E-state index in [1.54, 1.807) is 0 Å². The monoisotopic (exact) mass is 227 g/mol. The number of H-pyrrole nitrogens is 1. The molecule has 1 heterocycles. The van der Waals surface area contributed by atoms with Gasteiger partial charge in [-0.15, -0.1) is 0 Å². The van der Waals surface area contributed by atoms with Gasteiger partial charge in [-0.2, -0.15) is 0 Å². The molecule has 0 amide bonds. The average Bonchev–Trinajstić information content (AvgIpc) is 2.57. The Morgan fingerprint density at radius 1 is 1.35 bits per heavy atom. The highest BCUT2D eigenvalue weighted by molar-refractivity contribution is 5.66. The van der Waals surface area contributed by atoms with Gasteiger partial charge in [0.15, 0.2) is 0 Å². The molecule has 3 nitrogen and oxygen atoms in total. The lowest BCUT2D eigenvalue weighted by Gasteiger charge is -2.22. The minimum absolute atomic E-state index is 0.642. The number of benzene rings is 1. The van der Waals surface area contributed by atoms with E-state index in [4.69, 9.17) is 10.7 Å². The van der Waals surface area contributed by atoms with Crippen molar-refractivity contribution in [2.75, 3.05) is 5.73 Å². The number of anilines is 1. The smallest absolute Gasteiger partial charge is 0.110 e. The van der Waals surface area contributed by atoms with Crippen LogP contribution in [0.1, 0.15) is 36.7 Å². The second-order valence-electron chi connectivity index (χ2n) is 4.85. The second-order valence-corrected chi connectivity index (χ2v) is 4.85. The van der Waals surface area contributed by atoms with Gasteiger partial charge in [-0.3, -0.25) is 0 Å². The first-order valence-corrected chi connectivity index (χ1v) is 6.16. The number of hydrogen-bond donors (Lipinski definition) is 2. The highest BCUT2D eigenvalue weighted by Gasteiger charge is 2.23. The molecule has 0 aliphatic heterocycles. The number of aromatic nitrogens is 2. The fourth-order valence-electron chi connectivity index (χ4n) is 2.33. The first-order valence-electron chi connectivity index (χ1n) is 6.16. The van der Waals surface area contributed by atoms with Crippen molar-refractivity contribution in [3.05, 3.63) is 35.8 Å². The van der Waals surface area contributed by atoms with E-state index in [1.807, 2.05) is 18.2 Å². The van der Waals surface area contributed by atoms with Crippen LogP contribution in [0.5, 0.6) is 0 Å². The summed E-state index contributed by atoms with van der Waals surface area (Å²) in [6.07, 6.45) is 3.87. The summed E-state index contributed by atoms with van der Waals surface area (Å²) in [5.74, 6) is 1.79. The molecule has 1 saturated carbocycles. The number of nitrogen functional groups attached to an aromatic ring is 1.